The van der Waals surface area contributed by atoms with Crippen LogP contribution in [0.1, 0.15) is 47.0 Å². The van der Waals surface area contributed by atoms with Crippen LogP contribution in [-0.2, 0) is 9.53 Å². The number of hydrogen-bond acceptors (Lipinski definition) is 4. The molecule has 0 aromatic rings. The van der Waals surface area contributed by atoms with E-state index in [1.165, 1.54) is 0 Å². The van der Waals surface area contributed by atoms with Crippen molar-refractivity contribution >= 4 is 5.97 Å². The molecule has 0 heterocycles. The molecule has 0 amide bonds. The van der Waals surface area contributed by atoms with Gasteiger partial charge in [-0.05, 0) is 40.0 Å². The molecule has 0 saturated heterocycles. The van der Waals surface area contributed by atoms with Crippen LogP contribution in [0.3, 0.4) is 0 Å². The average molecular weight is 231 g/mol. The summed E-state index contributed by atoms with van der Waals surface area (Å²) in [5, 5.41) is 9.69. The van der Waals surface area contributed by atoms with Crippen molar-refractivity contribution in [3.8, 4) is 0 Å². The first-order valence-corrected chi connectivity index (χ1v) is 5.91. The topological polar surface area (TPSA) is 72.5 Å². The minimum atomic E-state index is -0.776. The van der Waals surface area contributed by atoms with Crippen molar-refractivity contribution < 1.29 is 14.6 Å². The third kappa shape index (κ3) is 4.49. The van der Waals surface area contributed by atoms with Gasteiger partial charge in [-0.15, -0.1) is 0 Å². The maximum Gasteiger partial charge on any atom is 0.313 e. The molecule has 0 fully saturated rings. The Kier molecular flexibility index (Phi) is 5.97. The molecule has 0 aliphatic carbocycles. The van der Waals surface area contributed by atoms with Gasteiger partial charge in [-0.1, -0.05) is 6.92 Å². The van der Waals surface area contributed by atoms with Crippen LogP contribution in [0.2, 0.25) is 0 Å². The Morgan fingerprint density at radius 3 is 2.19 bits per heavy atom. The molecule has 0 aliphatic heterocycles. The van der Waals surface area contributed by atoms with Crippen molar-refractivity contribution in [3.63, 3.8) is 0 Å². The molecule has 0 rings (SSSR count). The molecule has 0 radical (unpaired) electrons. The van der Waals surface area contributed by atoms with E-state index in [1.54, 1.807) is 20.8 Å². The Morgan fingerprint density at radius 2 is 1.88 bits per heavy atom. The standard InChI is InChI=1S/C12H25NO3/c1-5-12(9-13,10(14)16-6-2)8-7-11(3,4)15/h15H,5-9,13H2,1-4H3. The fraction of sp³-hybridized carbons (Fsp3) is 0.917. The first-order valence-electron chi connectivity index (χ1n) is 5.91. The molecule has 0 aliphatic rings. The molecule has 0 saturated carbocycles. The molecule has 0 spiro atoms. The quantitative estimate of drug-likeness (QED) is 0.651. The molecule has 96 valence electrons. The van der Waals surface area contributed by atoms with E-state index in [0.29, 0.717) is 25.9 Å². The number of aliphatic hydroxyl groups is 1. The molecule has 4 heteroatoms. The van der Waals surface area contributed by atoms with Crippen LogP contribution in [0.15, 0.2) is 0 Å². The predicted octanol–water partition coefficient (Wildman–Crippen LogP) is 1.46. The monoisotopic (exact) mass is 231 g/mol. The number of carbonyl (C=O) groups excluding carboxylic acids is 1. The number of esters is 1. The molecule has 0 aromatic heterocycles. The minimum Gasteiger partial charge on any atom is -0.466 e. The van der Waals surface area contributed by atoms with Gasteiger partial charge in [-0.3, -0.25) is 4.79 Å². The molecular weight excluding hydrogens is 206 g/mol. The van der Waals surface area contributed by atoms with Gasteiger partial charge in [-0.25, -0.2) is 0 Å². The van der Waals surface area contributed by atoms with Gasteiger partial charge in [0.2, 0.25) is 0 Å². The van der Waals surface area contributed by atoms with Gasteiger partial charge >= 0.3 is 5.97 Å². The molecular formula is C12H25NO3. The summed E-state index contributed by atoms with van der Waals surface area (Å²) in [6, 6.07) is 0. The highest BCUT2D eigenvalue weighted by molar-refractivity contribution is 5.77. The lowest BCUT2D eigenvalue weighted by Gasteiger charge is -2.31. The second-order valence-electron chi connectivity index (χ2n) is 4.87. The van der Waals surface area contributed by atoms with E-state index in [2.05, 4.69) is 0 Å². The van der Waals surface area contributed by atoms with Gasteiger partial charge in [0.15, 0.2) is 0 Å². The van der Waals surface area contributed by atoms with Gasteiger partial charge in [0.1, 0.15) is 0 Å². The lowest BCUT2D eigenvalue weighted by molar-refractivity contribution is -0.156. The number of rotatable bonds is 7. The lowest BCUT2D eigenvalue weighted by atomic mass is 9.78. The summed E-state index contributed by atoms with van der Waals surface area (Å²) in [7, 11) is 0. The van der Waals surface area contributed by atoms with Gasteiger partial charge < -0.3 is 15.6 Å². The minimum absolute atomic E-state index is 0.246. The number of ether oxygens (including phenoxy) is 1. The van der Waals surface area contributed by atoms with Crippen molar-refractivity contribution in [2.75, 3.05) is 13.2 Å². The fourth-order valence-corrected chi connectivity index (χ4v) is 1.58. The Labute approximate surface area is 98.2 Å². The van der Waals surface area contributed by atoms with Crippen molar-refractivity contribution in [3.05, 3.63) is 0 Å². The molecule has 1 atom stereocenters. The maximum atomic E-state index is 11.9. The SMILES string of the molecule is CCOC(=O)C(CC)(CN)CCC(C)(C)O. The second-order valence-corrected chi connectivity index (χ2v) is 4.87. The van der Waals surface area contributed by atoms with Crippen molar-refractivity contribution in [2.45, 2.75) is 52.6 Å². The van der Waals surface area contributed by atoms with E-state index >= 15 is 0 Å². The Hall–Kier alpha value is -0.610. The summed E-state index contributed by atoms with van der Waals surface area (Å²) in [6.07, 6.45) is 1.73. The maximum absolute atomic E-state index is 11.9. The zero-order valence-electron chi connectivity index (χ0n) is 10.9. The Bertz CT molecular complexity index is 217. The molecule has 3 N–H and O–H groups in total. The first-order chi connectivity index (χ1) is 7.31. The number of carbonyl (C=O) groups is 1. The largest absolute Gasteiger partial charge is 0.466 e. The Balaban J connectivity index is 4.62. The predicted molar refractivity (Wildman–Crippen MR) is 63.9 cm³/mol. The Morgan fingerprint density at radius 1 is 1.31 bits per heavy atom. The summed E-state index contributed by atoms with van der Waals surface area (Å²) in [5.74, 6) is -0.246. The highest BCUT2D eigenvalue weighted by atomic mass is 16.5. The second kappa shape index (κ2) is 6.21. The highest BCUT2D eigenvalue weighted by Gasteiger charge is 2.37. The summed E-state index contributed by atoms with van der Waals surface area (Å²) in [6.45, 7) is 7.80. The smallest absolute Gasteiger partial charge is 0.313 e. The van der Waals surface area contributed by atoms with E-state index < -0.39 is 11.0 Å². The van der Waals surface area contributed by atoms with E-state index in [9.17, 15) is 9.90 Å². The van der Waals surface area contributed by atoms with Crippen molar-refractivity contribution in [1.29, 1.82) is 0 Å². The average Bonchev–Trinajstić information content (AvgIpc) is 2.19. The summed E-state index contributed by atoms with van der Waals surface area (Å²) in [5.41, 5.74) is 4.28. The van der Waals surface area contributed by atoms with Crippen LogP contribution in [0, 0.1) is 5.41 Å². The molecule has 1 unspecified atom stereocenters. The first kappa shape index (κ1) is 15.4. The number of hydrogen-bond donors (Lipinski definition) is 2. The molecule has 0 aromatic carbocycles. The van der Waals surface area contributed by atoms with Crippen LogP contribution < -0.4 is 5.73 Å². The third-order valence-corrected chi connectivity index (χ3v) is 2.99. The molecule has 16 heavy (non-hydrogen) atoms. The number of nitrogens with two attached hydrogens (primary N) is 1. The summed E-state index contributed by atoms with van der Waals surface area (Å²) in [4.78, 5) is 11.9. The van der Waals surface area contributed by atoms with Gasteiger partial charge in [-0.2, -0.15) is 0 Å². The highest BCUT2D eigenvalue weighted by Crippen LogP contribution is 2.31. The zero-order valence-corrected chi connectivity index (χ0v) is 10.9. The molecule has 4 nitrogen and oxygen atoms in total. The zero-order chi connectivity index (χ0) is 12.8. The van der Waals surface area contributed by atoms with E-state index in [1.807, 2.05) is 6.92 Å². The van der Waals surface area contributed by atoms with Crippen molar-refractivity contribution in [2.24, 2.45) is 11.1 Å². The van der Waals surface area contributed by atoms with Crippen LogP contribution in [0.25, 0.3) is 0 Å². The van der Waals surface area contributed by atoms with Gasteiger partial charge in [0.25, 0.3) is 0 Å². The van der Waals surface area contributed by atoms with E-state index in [4.69, 9.17) is 10.5 Å². The van der Waals surface area contributed by atoms with Crippen LogP contribution >= 0.6 is 0 Å². The van der Waals surface area contributed by atoms with Crippen LogP contribution in [-0.4, -0.2) is 29.8 Å². The van der Waals surface area contributed by atoms with E-state index in [0.717, 1.165) is 0 Å². The summed E-state index contributed by atoms with van der Waals surface area (Å²) >= 11 is 0. The fourth-order valence-electron chi connectivity index (χ4n) is 1.58. The third-order valence-electron chi connectivity index (χ3n) is 2.99. The van der Waals surface area contributed by atoms with Gasteiger partial charge in [0.05, 0.1) is 17.6 Å². The van der Waals surface area contributed by atoms with E-state index in [-0.39, 0.29) is 12.5 Å². The summed E-state index contributed by atoms with van der Waals surface area (Å²) < 4.78 is 5.05. The van der Waals surface area contributed by atoms with Crippen LogP contribution in [0.5, 0.6) is 0 Å². The normalized spacial score (nSPS) is 15.6. The molecule has 0 bridgehead atoms. The van der Waals surface area contributed by atoms with Gasteiger partial charge in [0, 0.05) is 6.54 Å². The lowest BCUT2D eigenvalue weighted by Crippen LogP contribution is -2.41. The van der Waals surface area contributed by atoms with Crippen LogP contribution in [0.4, 0.5) is 0 Å². The van der Waals surface area contributed by atoms with Crippen molar-refractivity contribution in [1.82, 2.24) is 0 Å².